The van der Waals surface area contributed by atoms with Crippen molar-refractivity contribution in [3.8, 4) is 0 Å². The summed E-state index contributed by atoms with van der Waals surface area (Å²) in [6.07, 6.45) is 1.76. The highest BCUT2D eigenvalue weighted by molar-refractivity contribution is 7.07. The predicted octanol–water partition coefficient (Wildman–Crippen LogP) is 2.27. The number of nitrogens with zero attached hydrogens (tertiary/aromatic N) is 1. The van der Waals surface area contributed by atoms with Gasteiger partial charge in [-0.05, 0) is 11.4 Å². The fourth-order valence-electron chi connectivity index (χ4n) is 0.424. The summed E-state index contributed by atoms with van der Waals surface area (Å²) in [6, 6.07) is 7.79. The van der Waals surface area contributed by atoms with Gasteiger partial charge in [0.1, 0.15) is 0 Å². The third-order valence-corrected chi connectivity index (χ3v) is 1.34. The Kier molecular flexibility index (Phi) is 2.80. The van der Waals surface area contributed by atoms with Gasteiger partial charge in [-0.1, -0.05) is 18.2 Å². The van der Waals surface area contributed by atoms with E-state index in [4.69, 9.17) is 0 Å². The second-order valence-electron chi connectivity index (χ2n) is 1.45. The first-order valence-electron chi connectivity index (χ1n) is 2.65. The summed E-state index contributed by atoms with van der Waals surface area (Å²) in [6.45, 7) is 0. The molecule has 1 aromatic rings. The molecule has 0 N–H and O–H groups in total. The molecule has 0 saturated heterocycles. The van der Waals surface area contributed by atoms with Gasteiger partial charge in [0.2, 0.25) is 0 Å². The molecule has 0 aromatic carbocycles. The Labute approximate surface area is 58.3 Å². The van der Waals surface area contributed by atoms with Crippen LogP contribution in [0.15, 0.2) is 41.4 Å². The molecule has 0 aliphatic heterocycles. The summed E-state index contributed by atoms with van der Waals surface area (Å²) in [5.74, 6) is 0. The Morgan fingerprint density at radius 2 is 1.89 bits per heavy atom. The maximum atomic E-state index is 3.95. The molecular weight excluding hydrogens is 130 g/mol. The highest BCUT2D eigenvalue weighted by Crippen LogP contribution is 1.85. The first-order chi connectivity index (χ1) is 4.50. The molecule has 0 amide bonds. The maximum Gasteiger partial charge on any atom is 0.0790 e. The first kappa shape index (κ1) is 6.23. The summed E-state index contributed by atoms with van der Waals surface area (Å²) in [5, 5.41) is 1.98. The van der Waals surface area contributed by atoms with Crippen molar-refractivity contribution in [2.45, 2.75) is 0 Å². The van der Waals surface area contributed by atoms with Crippen molar-refractivity contribution < 1.29 is 0 Å². The maximum absolute atomic E-state index is 3.95. The van der Waals surface area contributed by atoms with Crippen molar-refractivity contribution in [1.82, 2.24) is 4.98 Å². The molecule has 0 radical (unpaired) electrons. The van der Waals surface area contributed by atoms with Gasteiger partial charge in [-0.15, -0.1) is 11.3 Å². The van der Waals surface area contributed by atoms with Crippen LogP contribution in [0, 0.1) is 0 Å². The quantitative estimate of drug-likeness (QED) is 0.534. The zero-order valence-electron chi connectivity index (χ0n) is 4.90. The van der Waals surface area contributed by atoms with Gasteiger partial charge in [0, 0.05) is 6.20 Å². The van der Waals surface area contributed by atoms with Crippen molar-refractivity contribution in [3.63, 3.8) is 0 Å². The minimum atomic E-state index is 1.57. The lowest BCUT2D eigenvalue weighted by Crippen LogP contribution is -1.49. The average molecular weight is 137 g/mol. The van der Waals surface area contributed by atoms with Crippen LogP contribution in [0.4, 0.5) is 0 Å². The third-order valence-electron chi connectivity index (χ3n) is 0.784. The van der Waals surface area contributed by atoms with Crippen LogP contribution in [0.3, 0.4) is 0 Å². The number of aromatic nitrogens is 1. The van der Waals surface area contributed by atoms with Crippen LogP contribution in [0.2, 0.25) is 0 Å². The van der Waals surface area contributed by atoms with Crippen molar-refractivity contribution in [1.29, 1.82) is 0 Å². The van der Waals surface area contributed by atoms with Gasteiger partial charge in [-0.2, -0.15) is 0 Å². The van der Waals surface area contributed by atoms with Gasteiger partial charge in [0.05, 0.1) is 5.51 Å². The van der Waals surface area contributed by atoms with Crippen LogP contribution >= 0.6 is 11.3 Å². The van der Waals surface area contributed by atoms with E-state index in [2.05, 4.69) is 4.98 Å². The van der Waals surface area contributed by atoms with Crippen molar-refractivity contribution in [2.75, 3.05) is 0 Å². The van der Waals surface area contributed by atoms with Gasteiger partial charge in [-0.25, -0.2) is 0 Å². The third kappa shape index (κ3) is 2.82. The van der Waals surface area contributed by atoms with Crippen LogP contribution in [-0.4, -0.2) is 4.98 Å². The number of hydrogen-bond acceptors (Lipinski definition) is 2. The molecule has 0 aliphatic rings. The van der Waals surface area contributed by atoms with Crippen molar-refractivity contribution in [2.24, 2.45) is 0 Å². The first-order valence-corrected chi connectivity index (χ1v) is 3.60. The molecule has 1 rings (SSSR count). The summed E-state index contributed by atoms with van der Waals surface area (Å²) in [5.41, 5.74) is 1.79. The molecule has 46 valence electrons. The molecule has 0 unspecified atom stereocenters. The molecule has 1 nitrogen and oxygen atoms in total. The van der Waals surface area contributed by atoms with E-state index in [9.17, 15) is 0 Å². The molecule has 9 heavy (non-hydrogen) atoms. The molecule has 0 fully saturated rings. The van der Waals surface area contributed by atoms with E-state index in [1.54, 1.807) is 23.0 Å². The number of rotatable bonds is 0. The number of hydrogen-bond donors (Lipinski definition) is 0. The topological polar surface area (TPSA) is 12.9 Å². The smallest absolute Gasteiger partial charge is 0.0790 e. The lowest BCUT2D eigenvalue weighted by molar-refractivity contribution is 1.40. The largest absolute Gasteiger partial charge is 0.254 e. The Bertz CT molecular complexity index is 131. The summed E-state index contributed by atoms with van der Waals surface area (Å²) in [7, 11) is 0. The molecule has 2 heteroatoms. The standard InChI is InChI=1S/C7H7NS/c1-2-4-6-9-7-8-5-3-1/h1-7H. The Hall–Kier alpha value is -0.890. The van der Waals surface area contributed by atoms with E-state index >= 15 is 0 Å². The highest BCUT2D eigenvalue weighted by atomic mass is 32.1. The Balaban J connectivity index is 3.04. The zero-order valence-corrected chi connectivity index (χ0v) is 5.71. The van der Waals surface area contributed by atoms with Gasteiger partial charge in [0.15, 0.2) is 0 Å². The fourth-order valence-corrected chi connectivity index (χ4v) is 0.816. The van der Waals surface area contributed by atoms with Gasteiger partial charge < -0.3 is 0 Å². The monoisotopic (exact) mass is 137 g/mol. The van der Waals surface area contributed by atoms with Crippen LogP contribution in [0.25, 0.3) is 0 Å². The van der Waals surface area contributed by atoms with Gasteiger partial charge in [-0.3, -0.25) is 4.98 Å². The van der Waals surface area contributed by atoms with E-state index in [1.807, 2.05) is 29.6 Å². The van der Waals surface area contributed by atoms with E-state index in [0.717, 1.165) is 0 Å². The second kappa shape index (κ2) is 4.04. The minimum Gasteiger partial charge on any atom is -0.254 e. The average Bonchev–Trinajstić information content (AvgIpc) is 2.00. The molecule has 0 atom stereocenters. The van der Waals surface area contributed by atoms with E-state index in [-0.39, 0.29) is 0 Å². The molecule has 1 aromatic heterocycles. The van der Waals surface area contributed by atoms with Gasteiger partial charge in [0.25, 0.3) is 0 Å². The lowest BCUT2D eigenvalue weighted by atomic mass is 10.5. The van der Waals surface area contributed by atoms with Crippen LogP contribution < -0.4 is 0 Å². The molecule has 0 spiro atoms. The second-order valence-corrected chi connectivity index (χ2v) is 2.20. The lowest BCUT2D eigenvalue weighted by Gasteiger charge is -1.60. The van der Waals surface area contributed by atoms with E-state index < -0.39 is 0 Å². The SMILES string of the molecule is c1cccscncc1. The van der Waals surface area contributed by atoms with Crippen LogP contribution in [-0.2, 0) is 0 Å². The van der Waals surface area contributed by atoms with Crippen molar-refractivity contribution >= 4 is 11.3 Å². The highest BCUT2D eigenvalue weighted by Gasteiger charge is 1.59. The van der Waals surface area contributed by atoms with Crippen LogP contribution in [0.5, 0.6) is 0 Å². The fraction of sp³-hybridized carbons (Fsp3) is 0. The molecule has 1 heterocycles. The van der Waals surface area contributed by atoms with Crippen molar-refractivity contribution in [3.05, 3.63) is 41.4 Å². The normalized spacial score (nSPS) is 8.00. The van der Waals surface area contributed by atoms with Gasteiger partial charge >= 0.3 is 0 Å². The molecular formula is C7H7NS. The summed E-state index contributed by atoms with van der Waals surface area (Å²) >= 11 is 1.57. The molecule has 0 aliphatic carbocycles. The Morgan fingerprint density at radius 1 is 1.00 bits per heavy atom. The summed E-state index contributed by atoms with van der Waals surface area (Å²) < 4.78 is 0. The van der Waals surface area contributed by atoms with E-state index in [1.165, 1.54) is 0 Å². The molecule has 0 bridgehead atoms. The zero-order chi connectivity index (χ0) is 6.36. The van der Waals surface area contributed by atoms with E-state index in [0.29, 0.717) is 0 Å². The molecule has 0 saturated carbocycles. The Morgan fingerprint density at radius 3 is 2.89 bits per heavy atom. The minimum absolute atomic E-state index is 1.57. The summed E-state index contributed by atoms with van der Waals surface area (Å²) in [4.78, 5) is 3.95. The predicted molar refractivity (Wildman–Crippen MR) is 39.7 cm³/mol. The van der Waals surface area contributed by atoms with Crippen LogP contribution in [0.1, 0.15) is 0 Å².